The molecule has 0 aromatic heterocycles. The van der Waals surface area contributed by atoms with E-state index in [1.807, 2.05) is 6.26 Å². The molecule has 0 bridgehead atoms. The number of nitrogens with one attached hydrogen (secondary N) is 1. The topological polar surface area (TPSA) is 67.6 Å². The number of nitrogens with zero attached hydrogens (tertiary/aromatic N) is 2. The van der Waals surface area contributed by atoms with Crippen molar-refractivity contribution in [2.24, 2.45) is 5.92 Å². The summed E-state index contributed by atoms with van der Waals surface area (Å²) in [7, 11) is 2.09. The highest BCUT2D eigenvalue weighted by atomic mass is 32.2. The molecule has 0 aliphatic carbocycles. The number of rotatable bonds is 8. The van der Waals surface area contributed by atoms with Crippen molar-refractivity contribution in [1.29, 1.82) is 0 Å². The third-order valence-electron chi connectivity index (χ3n) is 3.59. The van der Waals surface area contributed by atoms with Crippen LogP contribution in [0.3, 0.4) is 0 Å². The summed E-state index contributed by atoms with van der Waals surface area (Å²) in [5.41, 5.74) is 0. The zero-order valence-electron chi connectivity index (χ0n) is 12.7. The zero-order chi connectivity index (χ0) is 15.1. The first-order chi connectivity index (χ1) is 9.42. The number of thioether (sulfide) groups is 1. The first-order valence-corrected chi connectivity index (χ1v) is 8.09. The molecule has 1 fully saturated rings. The van der Waals surface area contributed by atoms with E-state index in [1.165, 1.54) is 11.8 Å². The third-order valence-corrected chi connectivity index (χ3v) is 4.28. The Morgan fingerprint density at radius 1 is 1.70 bits per heavy atom. The molecule has 3 atom stereocenters. The molecule has 0 aromatic rings. The van der Waals surface area contributed by atoms with E-state index in [2.05, 4.69) is 31.1 Å². The number of likely N-dealkylation sites (N-methyl/N-ethyl adjacent to an activating group) is 1. The van der Waals surface area contributed by atoms with Crippen molar-refractivity contribution in [1.82, 2.24) is 10.2 Å². The minimum Gasteiger partial charge on any atom is -0.378 e. The van der Waals surface area contributed by atoms with Gasteiger partial charge in [-0.2, -0.15) is 0 Å². The maximum absolute atomic E-state index is 10.5. The normalized spacial score (nSPS) is 24.9. The van der Waals surface area contributed by atoms with Crippen LogP contribution in [0.4, 0.5) is 0 Å². The lowest BCUT2D eigenvalue weighted by Gasteiger charge is -2.27. The third kappa shape index (κ3) is 6.11. The monoisotopic (exact) mass is 303 g/mol. The molecule has 6 nitrogen and oxygen atoms in total. The van der Waals surface area contributed by atoms with Gasteiger partial charge in [-0.25, -0.2) is 0 Å². The van der Waals surface area contributed by atoms with Crippen molar-refractivity contribution >= 4 is 11.8 Å². The molecule has 1 rings (SSSR count). The number of hydrogen-bond donors (Lipinski definition) is 1. The second-order valence-electron chi connectivity index (χ2n) is 5.40. The second-order valence-corrected chi connectivity index (χ2v) is 6.25. The van der Waals surface area contributed by atoms with Gasteiger partial charge in [-0.1, -0.05) is 0 Å². The Labute approximate surface area is 125 Å². The van der Waals surface area contributed by atoms with Crippen molar-refractivity contribution < 1.29 is 9.66 Å². The molecule has 0 radical (unpaired) electrons. The van der Waals surface area contributed by atoms with Gasteiger partial charge in [0.2, 0.25) is 0 Å². The molecule has 0 aromatic carbocycles. The molecule has 1 aliphatic rings. The van der Waals surface area contributed by atoms with Crippen LogP contribution in [0.25, 0.3) is 0 Å². The van der Waals surface area contributed by atoms with E-state index >= 15 is 0 Å². The molecule has 7 heteroatoms. The summed E-state index contributed by atoms with van der Waals surface area (Å²) in [5, 5.41) is 14.2. The highest BCUT2D eigenvalue weighted by Gasteiger charge is 2.24. The van der Waals surface area contributed by atoms with Crippen LogP contribution in [0, 0.1) is 16.0 Å². The van der Waals surface area contributed by atoms with Crippen LogP contribution in [-0.4, -0.2) is 55.0 Å². The van der Waals surface area contributed by atoms with E-state index in [9.17, 15) is 10.1 Å². The van der Waals surface area contributed by atoms with E-state index in [-0.39, 0.29) is 0 Å². The molecule has 1 saturated heterocycles. The fourth-order valence-corrected chi connectivity index (χ4v) is 2.71. The van der Waals surface area contributed by atoms with Crippen molar-refractivity contribution in [2.45, 2.75) is 32.4 Å². The fourth-order valence-electron chi connectivity index (χ4n) is 2.29. The van der Waals surface area contributed by atoms with Gasteiger partial charge in [0.05, 0.1) is 17.6 Å². The van der Waals surface area contributed by atoms with Gasteiger partial charge in [-0.05, 0) is 39.5 Å². The van der Waals surface area contributed by atoms with Gasteiger partial charge in [0.15, 0.2) is 0 Å². The zero-order valence-corrected chi connectivity index (χ0v) is 13.5. The average molecular weight is 303 g/mol. The fraction of sp³-hybridized carbons (Fsp3) is 0.846. The first kappa shape index (κ1) is 17.3. The molecular weight excluding hydrogens is 278 g/mol. The minimum absolute atomic E-state index is 0.313. The lowest BCUT2D eigenvalue weighted by atomic mass is 10.1. The van der Waals surface area contributed by atoms with Gasteiger partial charge in [0, 0.05) is 19.1 Å². The minimum atomic E-state index is -0.426. The molecule has 116 valence electrons. The van der Waals surface area contributed by atoms with Crippen LogP contribution < -0.4 is 5.32 Å². The van der Waals surface area contributed by atoms with Crippen LogP contribution >= 0.6 is 11.8 Å². The molecule has 0 saturated carbocycles. The lowest BCUT2D eigenvalue weighted by Crippen LogP contribution is -2.40. The van der Waals surface area contributed by atoms with Gasteiger partial charge >= 0.3 is 0 Å². The highest BCUT2D eigenvalue weighted by molar-refractivity contribution is 8.02. The standard InChI is InChI=1S/C13H25N3O3S/c1-10(6-14-13(20-4)8-16(17)18)15(3)7-12-5-11(2)19-9-12/h8,10-12,14H,5-7,9H2,1-4H3. The largest absolute Gasteiger partial charge is 0.378 e. The Hall–Kier alpha value is -0.790. The Balaban J connectivity index is 2.34. The van der Waals surface area contributed by atoms with Crippen LogP contribution in [0.15, 0.2) is 11.2 Å². The summed E-state index contributed by atoms with van der Waals surface area (Å²) in [6, 6.07) is 0.313. The van der Waals surface area contributed by atoms with Gasteiger partial charge in [0.25, 0.3) is 6.20 Å². The number of nitro groups is 1. The van der Waals surface area contributed by atoms with Crippen LogP contribution in [0.1, 0.15) is 20.3 Å². The highest BCUT2D eigenvalue weighted by Crippen LogP contribution is 2.20. The van der Waals surface area contributed by atoms with Crippen LogP contribution in [0.2, 0.25) is 0 Å². The summed E-state index contributed by atoms with van der Waals surface area (Å²) in [6.07, 6.45) is 4.33. The number of hydrogen-bond acceptors (Lipinski definition) is 6. The SMILES string of the molecule is CSC(=C[N+](=O)[O-])NCC(C)N(C)CC1COC(C)C1. The van der Waals surface area contributed by atoms with Gasteiger partial charge in [0.1, 0.15) is 5.03 Å². The molecule has 1 heterocycles. The first-order valence-electron chi connectivity index (χ1n) is 6.87. The van der Waals surface area contributed by atoms with E-state index in [0.29, 0.717) is 29.6 Å². The summed E-state index contributed by atoms with van der Waals surface area (Å²) in [5.74, 6) is 0.590. The van der Waals surface area contributed by atoms with Crippen LogP contribution in [-0.2, 0) is 4.74 Å². The quantitative estimate of drug-likeness (QED) is 0.544. The second kappa shape index (κ2) is 8.49. The summed E-state index contributed by atoms with van der Waals surface area (Å²) >= 11 is 1.35. The van der Waals surface area contributed by atoms with Crippen molar-refractivity contribution in [3.63, 3.8) is 0 Å². The molecule has 0 spiro atoms. The molecular formula is C13H25N3O3S. The summed E-state index contributed by atoms with van der Waals surface area (Å²) < 4.78 is 5.58. The predicted octanol–water partition coefficient (Wildman–Crippen LogP) is 1.76. The van der Waals surface area contributed by atoms with Crippen LogP contribution in [0.5, 0.6) is 0 Å². The van der Waals surface area contributed by atoms with Gasteiger partial charge < -0.3 is 15.0 Å². The molecule has 3 unspecified atom stereocenters. The Morgan fingerprint density at radius 2 is 2.40 bits per heavy atom. The lowest BCUT2D eigenvalue weighted by molar-refractivity contribution is -0.403. The smallest absolute Gasteiger partial charge is 0.263 e. The van der Waals surface area contributed by atoms with E-state index in [1.54, 1.807) is 0 Å². The van der Waals surface area contributed by atoms with Crippen molar-refractivity contribution in [2.75, 3.05) is 33.0 Å². The Morgan fingerprint density at radius 3 is 2.90 bits per heavy atom. The maximum atomic E-state index is 10.5. The maximum Gasteiger partial charge on any atom is 0.263 e. The predicted molar refractivity (Wildman–Crippen MR) is 82.2 cm³/mol. The molecule has 1 aliphatic heterocycles. The van der Waals surface area contributed by atoms with Gasteiger partial charge in [-0.15, -0.1) is 11.8 Å². The van der Waals surface area contributed by atoms with E-state index in [4.69, 9.17) is 4.74 Å². The van der Waals surface area contributed by atoms with Crippen molar-refractivity contribution in [3.8, 4) is 0 Å². The molecule has 1 N–H and O–H groups in total. The Kier molecular flexibility index (Phi) is 7.32. The number of ether oxygens (including phenoxy) is 1. The Bertz CT molecular complexity index is 352. The van der Waals surface area contributed by atoms with E-state index in [0.717, 1.165) is 25.8 Å². The average Bonchev–Trinajstić information content (AvgIpc) is 2.78. The molecule has 0 amide bonds. The summed E-state index contributed by atoms with van der Waals surface area (Å²) in [4.78, 5) is 12.3. The van der Waals surface area contributed by atoms with Crippen molar-refractivity contribution in [3.05, 3.63) is 21.3 Å². The molecule has 20 heavy (non-hydrogen) atoms. The summed E-state index contributed by atoms with van der Waals surface area (Å²) in [6.45, 7) is 6.76. The van der Waals surface area contributed by atoms with Gasteiger partial charge in [-0.3, -0.25) is 10.1 Å². The van der Waals surface area contributed by atoms with E-state index < -0.39 is 4.92 Å².